The number of aromatic nitrogens is 4. The van der Waals surface area contributed by atoms with E-state index in [-0.39, 0.29) is 23.6 Å². The van der Waals surface area contributed by atoms with E-state index < -0.39 is 5.91 Å². The van der Waals surface area contributed by atoms with E-state index in [1.807, 2.05) is 17.9 Å². The summed E-state index contributed by atoms with van der Waals surface area (Å²) in [5, 5.41) is 9.60. The molecular weight excluding hydrogens is 430 g/mol. The largest absolute Gasteiger partial charge is 0.364 e. The van der Waals surface area contributed by atoms with Crippen molar-refractivity contribution in [1.82, 2.24) is 24.6 Å². The highest BCUT2D eigenvalue weighted by molar-refractivity contribution is 7.10. The van der Waals surface area contributed by atoms with E-state index in [1.165, 1.54) is 17.7 Å². The van der Waals surface area contributed by atoms with Crippen molar-refractivity contribution >= 4 is 45.8 Å². The van der Waals surface area contributed by atoms with E-state index in [9.17, 15) is 9.59 Å². The molecule has 4 heterocycles. The number of hydrogen-bond acceptors (Lipinski definition) is 9. The molecule has 0 aromatic carbocycles. The second-order valence-electron chi connectivity index (χ2n) is 7.37. The lowest BCUT2D eigenvalue weighted by Crippen LogP contribution is -2.49. The van der Waals surface area contributed by atoms with Gasteiger partial charge in [-0.2, -0.15) is 4.37 Å². The van der Waals surface area contributed by atoms with Gasteiger partial charge in [0.1, 0.15) is 10.8 Å². The monoisotopic (exact) mass is 453 g/mol. The number of nitrogens with one attached hydrogen (secondary N) is 3. The molecule has 0 aliphatic carbocycles. The van der Waals surface area contributed by atoms with E-state index in [0.29, 0.717) is 18.1 Å². The van der Waals surface area contributed by atoms with Crippen molar-refractivity contribution in [1.29, 1.82) is 0 Å². The van der Waals surface area contributed by atoms with Crippen LogP contribution in [-0.4, -0.2) is 50.4 Å². The number of nitrogens with two attached hydrogens (primary N) is 1. The molecule has 166 valence electrons. The SMILES string of the molecule is Cc1cc(Nc2nc(N3CCC[C@@H](NC(=O)Nc4cccnc4)C3)cnc2C(N)=O)sn1. The molecule has 0 unspecified atom stereocenters. The molecule has 0 spiro atoms. The quantitative estimate of drug-likeness (QED) is 0.444. The minimum Gasteiger partial charge on any atom is -0.364 e. The highest BCUT2D eigenvalue weighted by atomic mass is 32.1. The van der Waals surface area contributed by atoms with Crippen LogP contribution in [0.1, 0.15) is 29.0 Å². The van der Waals surface area contributed by atoms with Crippen LogP contribution in [0.5, 0.6) is 0 Å². The number of nitrogens with zero attached hydrogens (tertiary/aromatic N) is 5. The molecule has 1 aliphatic heterocycles. The molecular formula is C20H23N9O2S. The van der Waals surface area contributed by atoms with Crippen LogP contribution in [0.15, 0.2) is 36.8 Å². The van der Waals surface area contributed by atoms with Gasteiger partial charge in [0.2, 0.25) is 0 Å². The summed E-state index contributed by atoms with van der Waals surface area (Å²) >= 11 is 1.26. The minimum absolute atomic E-state index is 0.0577. The molecule has 3 amide bonds. The number of pyridine rings is 1. The van der Waals surface area contributed by atoms with Gasteiger partial charge in [0.05, 0.1) is 23.8 Å². The Labute approximate surface area is 188 Å². The van der Waals surface area contributed by atoms with Crippen molar-refractivity contribution in [3.8, 4) is 0 Å². The van der Waals surface area contributed by atoms with Gasteiger partial charge in [-0.05, 0) is 49.5 Å². The Balaban J connectivity index is 1.45. The Morgan fingerprint density at radius 2 is 2.19 bits per heavy atom. The number of anilines is 4. The van der Waals surface area contributed by atoms with Gasteiger partial charge >= 0.3 is 6.03 Å². The third-order valence-electron chi connectivity index (χ3n) is 4.86. The number of amides is 3. The summed E-state index contributed by atoms with van der Waals surface area (Å²) in [7, 11) is 0. The normalized spacial score (nSPS) is 15.8. The Kier molecular flexibility index (Phi) is 6.40. The van der Waals surface area contributed by atoms with Crippen molar-refractivity contribution < 1.29 is 9.59 Å². The molecule has 1 aliphatic rings. The number of primary amides is 1. The standard InChI is InChI=1S/C20H23N9O2S/c1-12-8-16(32-28-12)27-19-17(18(21)30)23-10-15(26-19)29-7-3-5-14(11-29)25-20(31)24-13-4-2-6-22-9-13/h2,4,6,8-10,14H,3,5,7,11H2,1H3,(H2,21,30)(H,26,27)(H2,24,25,31)/t14-/m1/s1. The first-order valence-electron chi connectivity index (χ1n) is 10.1. The third-order valence-corrected chi connectivity index (χ3v) is 5.66. The van der Waals surface area contributed by atoms with Crippen molar-refractivity contribution in [3.05, 3.63) is 48.2 Å². The summed E-state index contributed by atoms with van der Waals surface area (Å²) in [5.41, 5.74) is 7.02. The van der Waals surface area contributed by atoms with Gasteiger partial charge in [-0.1, -0.05) is 0 Å². The van der Waals surface area contributed by atoms with Crippen LogP contribution in [0.3, 0.4) is 0 Å². The maximum Gasteiger partial charge on any atom is 0.319 e. The van der Waals surface area contributed by atoms with Gasteiger partial charge in [0, 0.05) is 25.3 Å². The summed E-state index contributed by atoms with van der Waals surface area (Å²) < 4.78 is 4.22. The molecule has 1 fully saturated rings. The fraction of sp³-hybridized carbons (Fsp3) is 0.300. The zero-order valence-electron chi connectivity index (χ0n) is 17.4. The first-order valence-corrected chi connectivity index (χ1v) is 10.8. The zero-order chi connectivity index (χ0) is 22.5. The third kappa shape index (κ3) is 5.27. The lowest BCUT2D eigenvalue weighted by Gasteiger charge is -2.34. The average Bonchev–Trinajstić information content (AvgIpc) is 3.19. The van der Waals surface area contributed by atoms with Gasteiger partial charge in [-0.3, -0.25) is 9.78 Å². The number of rotatable bonds is 6. The summed E-state index contributed by atoms with van der Waals surface area (Å²) in [6.07, 6.45) is 6.47. The maximum atomic E-state index is 12.3. The van der Waals surface area contributed by atoms with Crippen LogP contribution >= 0.6 is 11.5 Å². The minimum atomic E-state index is -0.668. The summed E-state index contributed by atoms with van der Waals surface area (Å²) in [6, 6.07) is 5.02. The molecule has 0 radical (unpaired) electrons. The predicted molar refractivity (Wildman–Crippen MR) is 122 cm³/mol. The number of carbonyl (C=O) groups excluding carboxylic acids is 2. The summed E-state index contributed by atoms with van der Waals surface area (Å²) in [5.74, 6) is 0.207. The second-order valence-corrected chi connectivity index (χ2v) is 8.18. The molecule has 1 atom stereocenters. The highest BCUT2D eigenvalue weighted by Gasteiger charge is 2.24. The van der Waals surface area contributed by atoms with E-state index in [2.05, 4.69) is 35.3 Å². The van der Waals surface area contributed by atoms with E-state index in [1.54, 1.807) is 24.5 Å². The van der Waals surface area contributed by atoms with Gasteiger partial charge < -0.3 is 26.6 Å². The number of piperidine rings is 1. The van der Waals surface area contributed by atoms with Crippen LogP contribution < -0.4 is 26.6 Å². The highest BCUT2D eigenvalue weighted by Crippen LogP contribution is 2.25. The lowest BCUT2D eigenvalue weighted by atomic mass is 10.1. The molecule has 4 rings (SSSR count). The molecule has 3 aromatic heterocycles. The second kappa shape index (κ2) is 9.56. The number of hydrogen-bond donors (Lipinski definition) is 4. The van der Waals surface area contributed by atoms with E-state index in [0.717, 1.165) is 30.1 Å². The molecule has 32 heavy (non-hydrogen) atoms. The van der Waals surface area contributed by atoms with Crippen molar-refractivity contribution in [3.63, 3.8) is 0 Å². The van der Waals surface area contributed by atoms with E-state index >= 15 is 0 Å². The fourth-order valence-corrected chi connectivity index (χ4v) is 4.09. The van der Waals surface area contributed by atoms with Crippen molar-refractivity contribution in [2.45, 2.75) is 25.8 Å². The first kappa shape index (κ1) is 21.4. The molecule has 0 bridgehead atoms. The summed E-state index contributed by atoms with van der Waals surface area (Å²) in [6.45, 7) is 3.19. The Bertz CT molecular complexity index is 1110. The lowest BCUT2D eigenvalue weighted by molar-refractivity contribution is 0.0996. The van der Waals surface area contributed by atoms with Crippen LogP contribution in [0.4, 0.5) is 27.1 Å². The van der Waals surface area contributed by atoms with Crippen molar-refractivity contribution in [2.75, 3.05) is 28.6 Å². The van der Waals surface area contributed by atoms with Gasteiger partial charge in [-0.15, -0.1) is 0 Å². The number of aryl methyl sites for hydroxylation is 1. The smallest absolute Gasteiger partial charge is 0.319 e. The summed E-state index contributed by atoms with van der Waals surface area (Å²) in [4.78, 5) is 39.0. The van der Waals surface area contributed by atoms with Crippen LogP contribution in [-0.2, 0) is 0 Å². The van der Waals surface area contributed by atoms with Gasteiger partial charge in [-0.25, -0.2) is 14.8 Å². The van der Waals surface area contributed by atoms with Gasteiger partial charge in [0.15, 0.2) is 11.5 Å². The molecule has 5 N–H and O–H groups in total. The first-order chi connectivity index (χ1) is 15.5. The molecule has 1 saturated heterocycles. The maximum absolute atomic E-state index is 12.3. The topological polar surface area (TPSA) is 151 Å². The average molecular weight is 454 g/mol. The fourth-order valence-electron chi connectivity index (χ4n) is 3.43. The molecule has 0 saturated carbocycles. The number of carbonyl (C=O) groups is 2. The number of urea groups is 1. The molecule has 11 nitrogen and oxygen atoms in total. The van der Waals surface area contributed by atoms with Crippen molar-refractivity contribution in [2.24, 2.45) is 5.73 Å². The predicted octanol–water partition coefficient (Wildman–Crippen LogP) is 2.27. The molecule has 3 aromatic rings. The van der Waals surface area contributed by atoms with E-state index in [4.69, 9.17) is 5.73 Å². The zero-order valence-corrected chi connectivity index (χ0v) is 18.2. The van der Waals surface area contributed by atoms with Gasteiger partial charge in [0.25, 0.3) is 5.91 Å². The Morgan fingerprint density at radius 1 is 1.31 bits per heavy atom. The van der Waals surface area contributed by atoms with Crippen LogP contribution in [0, 0.1) is 6.92 Å². The Hall–Kier alpha value is -3.80. The Morgan fingerprint density at radius 3 is 2.91 bits per heavy atom. The molecule has 12 heteroatoms. The van der Waals surface area contributed by atoms with Crippen LogP contribution in [0.25, 0.3) is 0 Å². The van der Waals surface area contributed by atoms with Crippen LogP contribution in [0.2, 0.25) is 0 Å².